The van der Waals surface area contributed by atoms with Crippen molar-refractivity contribution in [2.24, 2.45) is 23.2 Å². The van der Waals surface area contributed by atoms with Gasteiger partial charge in [-0.15, -0.1) is 0 Å². The molecule has 1 aromatic heterocycles. The van der Waals surface area contributed by atoms with Gasteiger partial charge in [0.2, 0.25) is 0 Å². The maximum Gasteiger partial charge on any atom is 0.416 e. The number of carbonyl (C=O) groups is 2. The van der Waals surface area contributed by atoms with Crippen molar-refractivity contribution < 1.29 is 19.4 Å². The molecular weight excluding hydrogens is 442 g/mol. The summed E-state index contributed by atoms with van der Waals surface area (Å²) >= 11 is 0. The average Bonchev–Trinajstić information content (AvgIpc) is 3.18. The van der Waals surface area contributed by atoms with Gasteiger partial charge in [0.15, 0.2) is 0 Å². The zero-order chi connectivity index (χ0) is 24.8. The standard InChI is InChI=1S/C28H39N3O4/c1-27(2,3)35-26(34)31(24-6-4-19(16-29-24)5-7-25(32)33)23-8-9-30(17-23)18-28-13-20-10-21(14-28)12-22(11-20)15-28/h4-7,16,20-23H,8-15,17-18H2,1-3H3,(H,32,33)/t20?,21?,22?,23-,28?/m1/s1. The normalized spacial score (nSPS) is 32.3. The Kier molecular flexibility index (Phi) is 6.41. The van der Waals surface area contributed by atoms with E-state index in [0.29, 0.717) is 16.8 Å². The van der Waals surface area contributed by atoms with Crippen molar-refractivity contribution in [1.29, 1.82) is 0 Å². The van der Waals surface area contributed by atoms with Crippen LogP contribution in [0.3, 0.4) is 0 Å². The van der Waals surface area contributed by atoms with E-state index in [0.717, 1.165) is 49.9 Å². The number of amides is 1. The average molecular weight is 482 g/mol. The lowest BCUT2D eigenvalue weighted by atomic mass is 9.49. The fourth-order valence-corrected chi connectivity index (χ4v) is 7.67. The second-order valence-corrected chi connectivity index (χ2v) is 12.6. The number of anilines is 1. The van der Waals surface area contributed by atoms with Crippen LogP contribution in [0.5, 0.6) is 0 Å². The molecule has 0 radical (unpaired) electrons. The summed E-state index contributed by atoms with van der Waals surface area (Å²) in [7, 11) is 0. The second-order valence-electron chi connectivity index (χ2n) is 12.6. The van der Waals surface area contributed by atoms with E-state index in [1.165, 1.54) is 44.6 Å². The fourth-order valence-electron chi connectivity index (χ4n) is 7.67. The van der Waals surface area contributed by atoms with E-state index in [9.17, 15) is 9.59 Å². The lowest BCUT2D eigenvalue weighted by molar-refractivity contribution is -0.131. The Morgan fingerprint density at radius 2 is 1.83 bits per heavy atom. The molecule has 1 aliphatic heterocycles. The van der Waals surface area contributed by atoms with Crippen molar-refractivity contribution >= 4 is 24.0 Å². The first kappa shape index (κ1) is 24.3. The Morgan fingerprint density at radius 3 is 2.37 bits per heavy atom. The molecule has 1 amide bonds. The number of carboxylic acids is 1. The molecule has 1 aromatic rings. The zero-order valence-electron chi connectivity index (χ0n) is 21.3. The molecule has 7 heteroatoms. The van der Waals surface area contributed by atoms with E-state index in [-0.39, 0.29) is 12.1 Å². The van der Waals surface area contributed by atoms with Gasteiger partial charge in [-0.25, -0.2) is 14.6 Å². The van der Waals surface area contributed by atoms with Crippen LogP contribution >= 0.6 is 0 Å². The van der Waals surface area contributed by atoms with Crippen molar-refractivity contribution in [3.63, 3.8) is 0 Å². The summed E-state index contributed by atoms with van der Waals surface area (Å²) in [5.41, 5.74) is 0.559. The lowest BCUT2D eigenvalue weighted by Gasteiger charge is -2.57. The Hall–Kier alpha value is -2.41. The van der Waals surface area contributed by atoms with E-state index in [2.05, 4.69) is 9.88 Å². The number of hydrogen-bond donors (Lipinski definition) is 1. The molecular formula is C28H39N3O4. The molecule has 4 aliphatic carbocycles. The maximum absolute atomic E-state index is 13.3. The third kappa shape index (κ3) is 5.55. The van der Waals surface area contributed by atoms with Gasteiger partial charge in [0, 0.05) is 31.9 Å². The first-order valence-corrected chi connectivity index (χ1v) is 13.2. The minimum Gasteiger partial charge on any atom is -0.478 e. The smallest absolute Gasteiger partial charge is 0.416 e. The van der Waals surface area contributed by atoms with Crippen LogP contribution in [0.2, 0.25) is 0 Å². The highest BCUT2D eigenvalue weighted by molar-refractivity contribution is 5.88. The van der Waals surface area contributed by atoms with Crippen molar-refractivity contribution in [2.75, 3.05) is 24.5 Å². The number of ether oxygens (including phenoxy) is 1. The van der Waals surface area contributed by atoms with Gasteiger partial charge in [-0.3, -0.25) is 4.90 Å². The van der Waals surface area contributed by atoms with E-state index in [1.54, 1.807) is 23.2 Å². The van der Waals surface area contributed by atoms with E-state index < -0.39 is 11.6 Å². The lowest BCUT2D eigenvalue weighted by Crippen LogP contribution is -2.51. The second kappa shape index (κ2) is 9.23. The summed E-state index contributed by atoms with van der Waals surface area (Å²) < 4.78 is 5.78. The fraction of sp³-hybridized carbons (Fsp3) is 0.679. The highest BCUT2D eigenvalue weighted by atomic mass is 16.6. The van der Waals surface area contributed by atoms with Crippen LogP contribution < -0.4 is 4.90 Å². The molecule has 0 unspecified atom stereocenters. The number of hydrogen-bond acceptors (Lipinski definition) is 5. The summed E-state index contributed by atoms with van der Waals surface area (Å²) in [5, 5.41) is 8.87. The summed E-state index contributed by atoms with van der Waals surface area (Å²) in [6, 6.07) is 3.58. The summed E-state index contributed by atoms with van der Waals surface area (Å²) in [6.07, 6.45) is 13.3. The third-order valence-corrected chi connectivity index (χ3v) is 8.36. The Labute approximate surface area is 208 Å². The van der Waals surface area contributed by atoms with Crippen LogP contribution in [0, 0.1) is 23.2 Å². The molecule has 1 saturated heterocycles. The topological polar surface area (TPSA) is 83.0 Å². The number of carboxylic acid groups (broad SMARTS) is 1. The predicted molar refractivity (Wildman–Crippen MR) is 135 cm³/mol. The van der Waals surface area contributed by atoms with Gasteiger partial charge in [0.25, 0.3) is 0 Å². The summed E-state index contributed by atoms with van der Waals surface area (Å²) in [4.78, 5) is 33.0. The molecule has 6 rings (SSSR count). The van der Waals surface area contributed by atoms with Crippen LogP contribution in [-0.2, 0) is 9.53 Å². The largest absolute Gasteiger partial charge is 0.478 e. The first-order chi connectivity index (χ1) is 16.6. The molecule has 1 atom stereocenters. The van der Waals surface area contributed by atoms with E-state index in [4.69, 9.17) is 9.84 Å². The third-order valence-electron chi connectivity index (χ3n) is 8.36. The SMILES string of the molecule is CC(C)(C)OC(=O)N(c1ccc(C=CC(=O)O)cn1)[C@@H]1CCN(CC23CC4CC(CC(C4)C2)C3)C1. The van der Waals surface area contributed by atoms with Crippen LogP contribution in [0.25, 0.3) is 6.08 Å². The molecule has 0 spiro atoms. The first-order valence-electron chi connectivity index (χ1n) is 13.2. The van der Waals surface area contributed by atoms with Gasteiger partial charge in [-0.1, -0.05) is 0 Å². The molecule has 35 heavy (non-hydrogen) atoms. The Morgan fingerprint density at radius 1 is 1.17 bits per heavy atom. The van der Waals surface area contributed by atoms with Crippen LogP contribution in [0.15, 0.2) is 24.4 Å². The van der Waals surface area contributed by atoms with E-state index >= 15 is 0 Å². The van der Waals surface area contributed by atoms with Gasteiger partial charge >= 0.3 is 12.1 Å². The molecule has 190 valence electrons. The Bertz CT molecular complexity index is 946. The summed E-state index contributed by atoms with van der Waals surface area (Å²) in [5.74, 6) is 2.37. The van der Waals surface area contributed by atoms with Crippen molar-refractivity contribution in [3.8, 4) is 0 Å². The molecule has 4 bridgehead atoms. The number of rotatable bonds is 6. The van der Waals surface area contributed by atoms with Gasteiger partial charge < -0.3 is 14.7 Å². The number of carbonyl (C=O) groups excluding carboxylic acids is 1. The molecule has 7 nitrogen and oxygen atoms in total. The number of pyridine rings is 1. The number of nitrogens with zero attached hydrogens (tertiary/aromatic N) is 3. The van der Waals surface area contributed by atoms with Crippen LogP contribution in [-0.4, -0.2) is 58.3 Å². The number of aromatic nitrogens is 1. The maximum atomic E-state index is 13.3. The minimum absolute atomic E-state index is 0.00618. The molecule has 5 fully saturated rings. The zero-order valence-corrected chi connectivity index (χ0v) is 21.3. The molecule has 0 aromatic carbocycles. The highest BCUT2D eigenvalue weighted by Crippen LogP contribution is 2.60. The predicted octanol–water partition coefficient (Wildman–Crippen LogP) is 5.21. The highest BCUT2D eigenvalue weighted by Gasteiger charge is 2.51. The van der Waals surface area contributed by atoms with Crippen molar-refractivity contribution in [1.82, 2.24) is 9.88 Å². The molecule has 5 aliphatic rings. The molecule has 1 N–H and O–H groups in total. The number of aliphatic carboxylic acids is 1. The van der Waals surface area contributed by atoms with Crippen LogP contribution in [0.4, 0.5) is 10.6 Å². The van der Waals surface area contributed by atoms with Crippen LogP contribution in [0.1, 0.15) is 71.3 Å². The monoisotopic (exact) mass is 481 g/mol. The molecule has 2 heterocycles. The quantitative estimate of drug-likeness (QED) is 0.562. The van der Waals surface area contributed by atoms with Gasteiger partial charge in [-0.05, 0) is 113 Å². The van der Waals surface area contributed by atoms with Gasteiger partial charge in [0.05, 0.1) is 6.04 Å². The Balaban J connectivity index is 1.31. The minimum atomic E-state index is -1.01. The number of likely N-dealkylation sites (tertiary alicyclic amines) is 1. The van der Waals surface area contributed by atoms with E-state index in [1.807, 2.05) is 20.8 Å². The van der Waals surface area contributed by atoms with Gasteiger partial charge in [0.1, 0.15) is 11.4 Å². The van der Waals surface area contributed by atoms with Crippen molar-refractivity contribution in [2.45, 2.75) is 77.4 Å². The summed E-state index contributed by atoms with van der Waals surface area (Å²) in [6.45, 7) is 8.62. The molecule has 4 saturated carbocycles. The van der Waals surface area contributed by atoms with Crippen molar-refractivity contribution in [3.05, 3.63) is 30.0 Å². The van der Waals surface area contributed by atoms with Gasteiger partial charge in [-0.2, -0.15) is 0 Å².